The predicted octanol–water partition coefficient (Wildman–Crippen LogP) is 4.15. The van der Waals surface area contributed by atoms with Crippen LogP contribution in [0.2, 0.25) is 5.02 Å². The molecule has 1 heterocycles. The minimum atomic E-state index is -3.91. The number of aryl methyl sites for hydroxylation is 2. The van der Waals surface area contributed by atoms with Crippen molar-refractivity contribution in [3.8, 4) is 5.88 Å². The van der Waals surface area contributed by atoms with Gasteiger partial charge in [-0.15, -0.1) is 0 Å². The van der Waals surface area contributed by atoms with Crippen LogP contribution in [0.25, 0.3) is 0 Å². The molecule has 28 heavy (non-hydrogen) atoms. The van der Waals surface area contributed by atoms with Gasteiger partial charge in [0.25, 0.3) is 10.0 Å². The molecule has 0 saturated carbocycles. The van der Waals surface area contributed by atoms with Crippen LogP contribution in [0.15, 0.2) is 59.5 Å². The molecule has 3 aromatic rings. The van der Waals surface area contributed by atoms with Gasteiger partial charge >= 0.3 is 0 Å². The Labute approximate surface area is 169 Å². The van der Waals surface area contributed by atoms with Gasteiger partial charge in [0, 0.05) is 0 Å². The second kappa shape index (κ2) is 8.16. The maximum Gasteiger partial charge on any atom is 0.266 e. The zero-order valence-corrected chi connectivity index (χ0v) is 17.3. The first-order valence-electron chi connectivity index (χ1n) is 8.54. The van der Waals surface area contributed by atoms with Crippen LogP contribution >= 0.6 is 11.6 Å². The number of hydrogen-bond donors (Lipinski definition) is 0. The molecule has 1 aromatic heterocycles. The summed E-state index contributed by atoms with van der Waals surface area (Å²) in [4.78, 5) is 8.71. The normalized spacial score (nSPS) is 11.3. The van der Waals surface area contributed by atoms with Gasteiger partial charge in [-0.05, 0) is 31.5 Å². The molecule has 6 nitrogen and oxygen atoms in total. The molecule has 3 rings (SSSR count). The van der Waals surface area contributed by atoms with Crippen molar-refractivity contribution in [2.45, 2.75) is 25.3 Å². The Kier molecular flexibility index (Phi) is 5.86. The highest BCUT2D eigenvalue weighted by Crippen LogP contribution is 2.30. The summed E-state index contributed by atoms with van der Waals surface area (Å²) in [7, 11) is -2.49. The summed E-state index contributed by atoms with van der Waals surface area (Å²) in [6.45, 7) is 3.64. The highest BCUT2D eigenvalue weighted by atomic mass is 35.5. The first kappa shape index (κ1) is 20.1. The third-order valence-corrected chi connectivity index (χ3v) is 6.34. The average molecular weight is 418 g/mol. The molecule has 0 amide bonds. The smallest absolute Gasteiger partial charge is 0.266 e. The Balaban J connectivity index is 2.15. The molecule has 2 aromatic carbocycles. The van der Waals surface area contributed by atoms with Gasteiger partial charge in [0.05, 0.1) is 24.2 Å². The highest BCUT2D eigenvalue weighted by Gasteiger charge is 2.29. The Morgan fingerprint density at radius 3 is 2.25 bits per heavy atom. The van der Waals surface area contributed by atoms with Gasteiger partial charge in [0.1, 0.15) is 5.02 Å². The second-order valence-electron chi connectivity index (χ2n) is 6.24. The van der Waals surface area contributed by atoms with Gasteiger partial charge in [-0.2, -0.15) is 4.98 Å². The summed E-state index contributed by atoms with van der Waals surface area (Å²) >= 11 is 6.16. The summed E-state index contributed by atoms with van der Waals surface area (Å²) in [5.74, 6) is 0.129. The number of halogens is 1. The van der Waals surface area contributed by atoms with Gasteiger partial charge in [-0.25, -0.2) is 17.7 Å². The quantitative estimate of drug-likeness (QED) is 0.602. The van der Waals surface area contributed by atoms with E-state index in [9.17, 15) is 8.42 Å². The fraction of sp³-hybridized carbons (Fsp3) is 0.200. The number of benzene rings is 2. The van der Waals surface area contributed by atoms with Crippen molar-refractivity contribution in [1.29, 1.82) is 0 Å². The molecule has 0 N–H and O–H groups in total. The van der Waals surface area contributed by atoms with Crippen molar-refractivity contribution in [2.75, 3.05) is 11.4 Å². The molecule has 0 saturated heterocycles. The van der Waals surface area contributed by atoms with Crippen LogP contribution in [-0.2, 0) is 16.6 Å². The summed E-state index contributed by atoms with van der Waals surface area (Å²) in [5, 5.41) is 0.249. The van der Waals surface area contributed by atoms with E-state index in [0.717, 1.165) is 11.1 Å². The van der Waals surface area contributed by atoms with E-state index in [1.807, 2.05) is 37.3 Å². The number of nitrogens with zero attached hydrogens (tertiary/aromatic N) is 3. The lowest BCUT2D eigenvalue weighted by Crippen LogP contribution is -2.32. The summed E-state index contributed by atoms with van der Waals surface area (Å²) in [5.41, 5.74) is 2.20. The van der Waals surface area contributed by atoms with E-state index in [1.165, 1.54) is 11.4 Å². The predicted molar refractivity (Wildman–Crippen MR) is 109 cm³/mol. The van der Waals surface area contributed by atoms with Gasteiger partial charge in [0.15, 0.2) is 0 Å². The SMILES string of the molecule is COc1nc(N(Cc2ccccc2)S(=O)(=O)c2ccc(C)cc2)nc(C)c1Cl. The molecule has 8 heteroatoms. The monoisotopic (exact) mass is 417 g/mol. The van der Waals surface area contributed by atoms with Crippen LogP contribution < -0.4 is 9.04 Å². The fourth-order valence-corrected chi connectivity index (χ4v) is 4.13. The van der Waals surface area contributed by atoms with E-state index < -0.39 is 10.0 Å². The van der Waals surface area contributed by atoms with Crippen LogP contribution in [0.3, 0.4) is 0 Å². The number of hydrogen-bond acceptors (Lipinski definition) is 5. The minimum absolute atomic E-state index is 0.00294. The van der Waals surface area contributed by atoms with E-state index in [0.29, 0.717) is 5.69 Å². The third kappa shape index (κ3) is 4.10. The number of anilines is 1. The molecule has 0 bridgehead atoms. The topological polar surface area (TPSA) is 72.4 Å². The first-order chi connectivity index (χ1) is 13.3. The molecule has 146 valence electrons. The van der Waals surface area contributed by atoms with Crippen LogP contribution in [0.5, 0.6) is 5.88 Å². The van der Waals surface area contributed by atoms with Crippen molar-refractivity contribution < 1.29 is 13.2 Å². The summed E-state index contributed by atoms with van der Waals surface area (Å²) < 4.78 is 33.2. The van der Waals surface area contributed by atoms with Crippen molar-refractivity contribution in [3.63, 3.8) is 0 Å². The summed E-state index contributed by atoms with van der Waals surface area (Å²) in [6, 6.07) is 15.9. The van der Waals surface area contributed by atoms with E-state index in [-0.39, 0.29) is 28.3 Å². The van der Waals surface area contributed by atoms with Gasteiger partial charge in [0.2, 0.25) is 11.8 Å². The fourth-order valence-electron chi connectivity index (χ4n) is 2.62. The number of ether oxygens (including phenoxy) is 1. The molecule has 0 fully saturated rings. The lowest BCUT2D eigenvalue weighted by molar-refractivity contribution is 0.397. The van der Waals surface area contributed by atoms with Crippen molar-refractivity contribution in [2.24, 2.45) is 0 Å². The zero-order chi connectivity index (χ0) is 20.3. The number of aromatic nitrogens is 2. The third-order valence-electron chi connectivity index (χ3n) is 4.17. The average Bonchev–Trinajstić information content (AvgIpc) is 2.69. The van der Waals surface area contributed by atoms with Gasteiger partial charge < -0.3 is 4.74 Å². The van der Waals surface area contributed by atoms with Gasteiger partial charge in [-0.1, -0.05) is 59.6 Å². The maximum atomic E-state index is 13.4. The standard InChI is InChI=1S/C20H20ClN3O3S/c1-14-9-11-17(12-10-14)28(25,26)24(13-16-7-5-4-6-8-16)20-22-15(2)18(21)19(23-20)27-3/h4-12H,13H2,1-3H3. The van der Waals surface area contributed by atoms with Gasteiger partial charge in [-0.3, -0.25) is 0 Å². The molecule has 0 radical (unpaired) electrons. The zero-order valence-electron chi connectivity index (χ0n) is 15.8. The lowest BCUT2D eigenvalue weighted by Gasteiger charge is -2.23. The largest absolute Gasteiger partial charge is 0.480 e. The molecule has 0 aliphatic rings. The minimum Gasteiger partial charge on any atom is -0.480 e. The maximum absolute atomic E-state index is 13.4. The van der Waals surface area contributed by atoms with Crippen molar-refractivity contribution >= 4 is 27.6 Å². The number of methoxy groups -OCH3 is 1. The molecule has 0 atom stereocenters. The summed E-state index contributed by atoms with van der Waals surface area (Å²) in [6.07, 6.45) is 0. The van der Waals surface area contributed by atoms with E-state index in [1.54, 1.807) is 31.2 Å². The van der Waals surface area contributed by atoms with E-state index in [4.69, 9.17) is 16.3 Å². The van der Waals surface area contributed by atoms with Crippen LogP contribution in [0.1, 0.15) is 16.8 Å². The molecular weight excluding hydrogens is 398 g/mol. The first-order valence-corrected chi connectivity index (χ1v) is 10.4. The van der Waals surface area contributed by atoms with Crippen molar-refractivity contribution in [3.05, 3.63) is 76.4 Å². The Morgan fingerprint density at radius 2 is 1.64 bits per heavy atom. The molecular formula is C20H20ClN3O3S. The van der Waals surface area contributed by atoms with E-state index >= 15 is 0 Å². The van der Waals surface area contributed by atoms with Crippen LogP contribution in [0.4, 0.5) is 5.95 Å². The Hall–Kier alpha value is -2.64. The number of sulfonamides is 1. The van der Waals surface area contributed by atoms with Crippen LogP contribution in [0, 0.1) is 13.8 Å². The molecule has 0 spiro atoms. The van der Waals surface area contributed by atoms with Crippen LogP contribution in [-0.4, -0.2) is 25.5 Å². The molecule has 0 aliphatic carbocycles. The molecule has 0 aliphatic heterocycles. The highest BCUT2D eigenvalue weighted by molar-refractivity contribution is 7.92. The number of rotatable bonds is 6. The van der Waals surface area contributed by atoms with Crippen molar-refractivity contribution in [1.82, 2.24) is 9.97 Å². The second-order valence-corrected chi connectivity index (χ2v) is 8.48. The molecule has 0 unspecified atom stereocenters. The Bertz CT molecular complexity index is 1070. The van der Waals surface area contributed by atoms with E-state index in [2.05, 4.69) is 9.97 Å². The lowest BCUT2D eigenvalue weighted by atomic mass is 10.2. The Morgan fingerprint density at radius 1 is 1.00 bits per heavy atom.